The quantitative estimate of drug-likeness (QED) is 0.248. The fraction of sp³-hybridized carbons (Fsp3) is 0.292. The fourth-order valence-electron chi connectivity index (χ4n) is 4.18. The number of anilines is 1. The van der Waals surface area contributed by atoms with Crippen LogP contribution in [0.15, 0.2) is 54.7 Å². The first-order chi connectivity index (χ1) is 15.6. The smallest absolute Gasteiger partial charge is 0.254 e. The van der Waals surface area contributed by atoms with Crippen LogP contribution in [0.4, 0.5) is 5.69 Å². The molecule has 8 heteroatoms. The molecule has 3 amide bonds. The molecule has 4 rings (SSSR count). The molecule has 0 spiro atoms. The summed E-state index contributed by atoms with van der Waals surface area (Å²) in [6.07, 6.45) is 4.49. The number of carbonyl (C=O) groups excluding carboxylic acids is 3. The highest BCUT2D eigenvalue weighted by Crippen LogP contribution is 2.27. The molecule has 3 aromatic rings. The summed E-state index contributed by atoms with van der Waals surface area (Å²) in [5, 5.41) is 12.6. The van der Waals surface area contributed by atoms with Gasteiger partial charge in [0.05, 0.1) is 11.3 Å². The number of hydrogen-bond donors (Lipinski definition) is 4. The molecule has 1 atom stereocenters. The topological polar surface area (TPSA) is 115 Å². The van der Waals surface area contributed by atoms with Gasteiger partial charge in [0.1, 0.15) is 6.04 Å². The van der Waals surface area contributed by atoms with E-state index in [1.165, 1.54) is 0 Å². The minimum atomic E-state index is -0.686. The van der Waals surface area contributed by atoms with Gasteiger partial charge in [-0.3, -0.25) is 19.6 Å². The first kappa shape index (κ1) is 21.6. The van der Waals surface area contributed by atoms with E-state index in [9.17, 15) is 14.4 Å². The second kappa shape index (κ2) is 9.65. The van der Waals surface area contributed by atoms with E-state index in [1.54, 1.807) is 28.6 Å². The largest absolute Gasteiger partial charge is 0.361 e. The van der Waals surface area contributed by atoms with E-state index >= 15 is 0 Å². The number of hydrogen-bond acceptors (Lipinski definition) is 4. The molecule has 1 aliphatic rings. The van der Waals surface area contributed by atoms with Gasteiger partial charge in [-0.15, -0.1) is 0 Å². The van der Waals surface area contributed by atoms with Crippen molar-refractivity contribution in [3.63, 3.8) is 0 Å². The van der Waals surface area contributed by atoms with Crippen LogP contribution in [0, 0.1) is 0 Å². The van der Waals surface area contributed by atoms with Crippen LogP contribution >= 0.6 is 0 Å². The van der Waals surface area contributed by atoms with Gasteiger partial charge in [0.15, 0.2) is 0 Å². The third-order valence-electron chi connectivity index (χ3n) is 5.82. The number of hydroxylamine groups is 1. The van der Waals surface area contributed by atoms with Crippen LogP contribution in [-0.2, 0) is 16.0 Å². The molecule has 4 N–H and O–H groups in total. The molecule has 1 aromatic heterocycles. The van der Waals surface area contributed by atoms with Gasteiger partial charge in [-0.25, -0.2) is 5.48 Å². The van der Waals surface area contributed by atoms with Gasteiger partial charge >= 0.3 is 0 Å². The molecule has 1 unspecified atom stereocenters. The third-order valence-corrected chi connectivity index (χ3v) is 5.82. The molecule has 0 bridgehead atoms. The molecule has 32 heavy (non-hydrogen) atoms. The maximum atomic E-state index is 13.5. The van der Waals surface area contributed by atoms with E-state index in [-0.39, 0.29) is 18.2 Å². The lowest BCUT2D eigenvalue weighted by Gasteiger charge is -2.25. The lowest BCUT2D eigenvalue weighted by Crippen LogP contribution is -2.47. The number of benzene rings is 2. The van der Waals surface area contributed by atoms with Crippen molar-refractivity contribution in [2.45, 2.75) is 38.1 Å². The molecular weight excluding hydrogens is 408 g/mol. The van der Waals surface area contributed by atoms with Crippen LogP contribution in [0.5, 0.6) is 0 Å². The average molecular weight is 434 g/mol. The molecule has 0 radical (unpaired) electrons. The van der Waals surface area contributed by atoms with E-state index in [0.717, 1.165) is 16.5 Å². The Hall–Kier alpha value is -3.65. The Kier molecular flexibility index (Phi) is 6.51. The van der Waals surface area contributed by atoms with Crippen molar-refractivity contribution in [2.75, 3.05) is 11.4 Å². The van der Waals surface area contributed by atoms with Crippen LogP contribution in [0.2, 0.25) is 0 Å². The standard InChI is InChI=1S/C24H26N4O4/c29-22(27-32)12-2-1-7-13-28-21-11-6-4-9-18(21)23(30)26-20(24(28)31)14-16-15-25-19-10-5-3-8-17(16)19/h3-6,8-11,15,20,25,32H,1-2,7,12-14H2,(H,26,30)(H,27,29). The van der Waals surface area contributed by atoms with E-state index in [4.69, 9.17) is 5.21 Å². The van der Waals surface area contributed by atoms with Crippen molar-refractivity contribution in [1.29, 1.82) is 0 Å². The number of aromatic amines is 1. The fourth-order valence-corrected chi connectivity index (χ4v) is 4.18. The number of nitrogens with zero attached hydrogens (tertiary/aromatic N) is 1. The monoisotopic (exact) mass is 434 g/mol. The SMILES string of the molecule is O=C(CCCCCN1C(=O)C(Cc2c[nH]c3ccccc23)NC(=O)c2ccccc21)NO. The van der Waals surface area contributed by atoms with Gasteiger partial charge in [0.25, 0.3) is 5.91 Å². The molecule has 8 nitrogen and oxygen atoms in total. The normalized spacial score (nSPS) is 15.9. The van der Waals surface area contributed by atoms with Crippen molar-refractivity contribution in [3.8, 4) is 0 Å². The first-order valence-electron chi connectivity index (χ1n) is 10.8. The maximum Gasteiger partial charge on any atom is 0.254 e. The summed E-state index contributed by atoms with van der Waals surface area (Å²) in [5.41, 5.74) is 4.66. The number of amides is 3. The maximum absolute atomic E-state index is 13.5. The highest BCUT2D eigenvalue weighted by molar-refractivity contribution is 6.11. The van der Waals surface area contributed by atoms with Crippen molar-refractivity contribution in [2.24, 2.45) is 0 Å². The van der Waals surface area contributed by atoms with Crippen molar-refractivity contribution in [3.05, 3.63) is 65.9 Å². The number of nitrogens with one attached hydrogen (secondary N) is 3. The summed E-state index contributed by atoms with van der Waals surface area (Å²) in [6, 6.07) is 14.3. The van der Waals surface area contributed by atoms with Crippen LogP contribution in [0.25, 0.3) is 10.9 Å². The summed E-state index contributed by atoms with van der Waals surface area (Å²) < 4.78 is 0. The predicted octanol–water partition coefficient (Wildman–Crippen LogP) is 2.92. The predicted molar refractivity (Wildman–Crippen MR) is 120 cm³/mol. The summed E-state index contributed by atoms with van der Waals surface area (Å²) in [7, 11) is 0. The number of unbranched alkanes of at least 4 members (excludes halogenated alkanes) is 2. The molecule has 0 saturated heterocycles. The van der Waals surface area contributed by atoms with Crippen LogP contribution in [0.3, 0.4) is 0 Å². The first-order valence-corrected chi connectivity index (χ1v) is 10.8. The minimum Gasteiger partial charge on any atom is -0.361 e. The molecule has 166 valence electrons. The van der Waals surface area contributed by atoms with E-state index in [2.05, 4.69) is 10.3 Å². The summed E-state index contributed by atoms with van der Waals surface area (Å²) in [6.45, 7) is 0.440. The lowest BCUT2D eigenvalue weighted by molar-refractivity contribution is -0.129. The number of fused-ring (bicyclic) bond motifs is 2. The van der Waals surface area contributed by atoms with Gasteiger partial charge in [0.2, 0.25) is 11.8 Å². The highest BCUT2D eigenvalue weighted by atomic mass is 16.5. The number of para-hydroxylation sites is 2. The Labute approximate surface area is 185 Å². The zero-order valence-electron chi connectivity index (χ0n) is 17.6. The van der Waals surface area contributed by atoms with Crippen LogP contribution in [0.1, 0.15) is 41.6 Å². The number of carbonyl (C=O) groups is 3. The Balaban J connectivity index is 1.54. The van der Waals surface area contributed by atoms with Gasteiger partial charge in [0, 0.05) is 36.5 Å². The average Bonchev–Trinajstić information content (AvgIpc) is 3.19. The zero-order valence-corrected chi connectivity index (χ0v) is 17.6. The molecular formula is C24H26N4O4. The third kappa shape index (κ3) is 4.50. The van der Waals surface area contributed by atoms with Crippen molar-refractivity contribution >= 4 is 34.3 Å². The van der Waals surface area contributed by atoms with Crippen LogP contribution < -0.4 is 15.7 Å². The van der Waals surface area contributed by atoms with E-state index in [1.807, 2.05) is 36.5 Å². The number of aromatic nitrogens is 1. The van der Waals surface area contributed by atoms with Crippen molar-refractivity contribution < 1.29 is 19.6 Å². The van der Waals surface area contributed by atoms with E-state index in [0.29, 0.717) is 43.5 Å². The number of rotatable bonds is 8. The molecule has 0 aliphatic carbocycles. The van der Waals surface area contributed by atoms with Crippen LogP contribution in [-0.4, -0.2) is 40.5 Å². The molecule has 0 fully saturated rings. The Bertz CT molecular complexity index is 1140. The highest BCUT2D eigenvalue weighted by Gasteiger charge is 2.33. The van der Waals surface area contributed by atoms with E-state index < -0.39 is 11.9 Å². The Morgan fingerprint density at radius 3 is 2.66 bits per heavy atom. The molecule has 2 aromatic carbocycles. The molecule has 2 heterocycles. The second-order valence-electron chi connectivity index (χ2n) is 7.94. The number of H-pyrrole nitrogens is 1. The summed E-state index contributed by atoms with van der Waals surface area (Å²) in [5.74, 6) is -0.836. The Morgan fingerprint density at radius 1 is 1.03 bits per heavy atom. The second-order valence-corrected chi connectivity index (χ2v) is 7.94. The molecule has 0 saturated carbocycles. The van der Waals surface area contributed by atoms with Gasteiger partial charge < -0.3 is 15.2 Å². The summed E-state index contributed by atoms with van der Waals surface area (Å²) >= 11 is 0. The van der Waals surface area contributed by atoms with Gasteiger partial charge in [-0.2, -0.15) is 0 Å². The van der Waals surface area contributed by atoms with Crippen molar-refractivity contribution in [1.82, 2.24) is 15.8 Å². The Morgan fingerprint density at radius 2 is 1.81 bits per heavy atom. The lowest BCUT2D eigenvalue weighted by atomic mass is 10.0. The summed E-state index contributed by atoms with van der Waals surface area (Å²) in [4.78, 5) is 42.5. The van der Waals surface area contributed by atoms with Gasteiger partial charge in [-0.05, 0) is 36.6 Å². The van der Waals surface area contributed by atoms with Gasteiger partial charge in [-0.1, -0.05) is 36.8 Å². The minimum absolute atomic E-state index is 0.151. The molecule has 1 aliphatic heterocycles. The zero-order chi connectivity index (χ0) is 22.5.